The van der Waals surface area contributed by atoms with Crippen molar-refractivity contribution in [2.45, 2.75) is 4.90 Å². The Kier molecular flexibility index (Phi) is 7.22. The quantitative estimate of drug-likeness (QED) is 0.413. The predicted octanol–water partition coefficient (Wildman–Crippen LogP) is 3.09. The lowest BCUT2D eigenvalue weighted by atomic mass is 10.3. The molecule has 0 aliphatic carbocycles. The molecule has 160 valence electrons. The van der Waals surface area contributed by atoms with Gasteiger partial charge in [-0.2, -0.15) is 5.10 Å². The first-order valence-electron chi connectivity index (χ1n) is 9.05. The molecule has 0 aliphatic rings. The number of halogens is 1. The van der Waals surface area contributed by atoms with E-state index < -0.39 is 22.5 Å². The molecule has 0 spiro atoms. The maximum absolute atomic E-state index is 13.3. The van der Waals surface area contributed by atoms with E-state index in [1.807, 2.05) is 0 Å². The SMILES string of the molecule is COc1ccc(Cl)cc1N(CC(=O)N/N=C\c1ccncc1)S(=O)(=O)c1ccccc1. The van der Waals surface area contributed by atoms with Crippen LogP contribution in [0.25, 0.3) is 0 Å². The highest BCUT2D eigenvalue weighted by Gasteiger charge is 2.29. The van der Waals surface area contributed by atoms with Crippen molar-refractivity contribution in [2.24, 2.45) is 5.10 Å². The van der Waals surface area contributed by atoms with Gasteiger partial charge in [0.1, 0.15) is 12.3 Å². The number of nitrogens with zero attached hydrogens (tertiary/aromatic N) is 3. The summed E-state index contributed by atoms with van der Waals surface area (Å²) in [4.78, 5) is 16.5. The number of aromatic nitrogens is 1. The van der Waals surface area contributed by atoms with Gasteiger partial charge in [-0.15, -0.1) is 0 Å². The first-order valence-corrected chi connectivity index (χ1v) is 10.9. The van der Waals surface area contributed by atoms with Gasteiger partial charge >= 0.3 is 0 Å². The third kappa shape index (κ3) is 5.59. The van der Waals surface area contributed by atoms with Crippen LogP contribution < -0.4 is 14.5 Å². The zero-order chi connectivity index (χ0) is 22.3. The molecule has 1 amide bonds. The number of methoxy groups -OCH3 is 1. The fourth-order valence-electron chi connectivity index (χ4n) is 2.67. The second-order valence-electron chi connectivity index (χ2n) is 6.21. The number of amides is 1. The number of nitrogens with one attached hydrogen (secondary N) is 1. The number of hydrogen-bond acceptors (Lipinski definition) is 6. The van der Waals surface area contributed by atoms with E-state index in [4.69, 9.17) is 16.3 Å². The molecule has 1 N–H and O–H groups in total. The Hall–Kier alpha value is -3.43. The molecule has 31 heavy (non-hydrogen) atoms. The lowest BCUT2D eigenvalue weighted by Crippen LogP contribution is -2.39. The monoisotopic (exact) mass is 458 g/mol. The van der Waals surface area contributed by atoms with Crippen LogP contribution in [0, 0.1) is 0 Å². The Bertz CT molecular complexity index is 1170. The number of anilines is 1. The summed E-state index contributed by atoms with van der Waals surface area (Å²) < 4.78 is 32.9. The van der Waals surface area contributed by atoms with Crippen molar-refractivity contribution in [3.05, 3.63) is 83.6 Å². The maximum atomic E-state index is 13.3. The molecule has 0 radical (unpaired) electrons. The number of hydrazone groups is 1. The van der Waals surface area contributed by atoms with E-state index in [2.05, 4.69) is 15.5 Å². The fourth-order valence-corrected chi connectivity index (χ4v) is 4.28. The zero-order valence-corrected chi connectivity index (χ0v) is 18.0. The van der Waals surface area contributed by atoms with E-state index in [-0.39, 0.29) is 16.3 Å². The molecule has 0 unspecified atom stereocenters. The lowest BCUT2D eigenvalue weighted by molar-refractivity contribution is -0.119. The molecule has 8 nitrogen and oxygen atoms in total. The summed E-state index contributed by atoms with van der Waals surface area (Å²) in [5.41, 5.74) is 3.19. The summed E-state index contributed by atoms with van der Waals surface area (Å²) in [6.07, 6.45) is 4.60. The Morgan fingerprint density at radius 1 is 1.16 bits per heavy atom. The Morgan fingerprint density at radius 3 is 2.55 bits per heavy atom. The first kappa shape index (κ1) is 22.3. The molecular weight excluding hydrogens is 440 g/mol. The van der Waals surface area contributed by atoms with Crippen LogP contribution in [0.15, 0.2) is 83.1 Å². The normalized spacial score (nSPS) is 11.3. The van der Waals surface area contributed by atoms with Crippen molar-refractivity contribution in [1.29, 1.82) is 0 Å². The Morgan fingerprint density at radius 2 is 1.87 bits per heavy atom. The van der Waals surface area contributed by atoms with Gasteiger partial charge in [0.05, 0.1) is 23.9 Å². The van der Waals surface area contributed by atoms with Gasteiger partial charge in [0, 0.05) is 17.4 Å². The molecule has 0 atom stereocenters. The fraction of sp³-hybridized carbons (Fsp3) is 0.0952. The number of carbonyl (C=O) groups is 1. The van der Waals surface area contributed by atoms with Crippen molar-refractivity contribution >= 4 is 39.4 Å². The highest BCUT2D eigenvalue weighted by Crippen LogP contribution is 2.34. The summed E-state index contributed by atoms with van der Waals surface area (Å²) in [6.45, 7) is -0.540. The topological polar surface area (TPSA) is 101 Å². The zero-order valence-electron chi connectivity index (χ0n) is 16.5. The van der Waals surface area contributed by atoms with Gasteiger partial charge in [0.15, 0.2) is 0 Å². The van der Waals surface area contributed by atoms with Crippen LogP contribution in [-0.4, -0.2) is 39.2 Å². The van der Waals surface area contributed by atoms with Gasteiger partial charge < -0.3 is 4.74 Å². The van der Waals surface area contributed by atoms with Crippen LogP contribution >= 0.6 is 11.6 Å². The molecule has 0 fully saturated rings. The second-order valence-corrected chi connectivity index (χ2v) is 8.51. The third-order valence-electron chi connectivity index (χ3n) is 4.14. The molecule has 0 bridgehead atoms. The third-order valence-corrected chi connectivity index (χ3v) is 6.15. The number of carbonyl (C=O) groups excluding carboxylic acids is 1. The summed E-state index contributed by atoms with van der Waals surface area (Å²) >= 11 is 6.10. The summed E-state index contributed by atoms with van der Waals surface area (Å²) in [5.74, 6) is -0.399. The Labute approximate surface area is 185 Å². The molecule has 1 aromatic heterocycles. The lowest BCUT2D eigenvalue weighted by Gasteiger charge is -2.25. The second kappa shape index (κ2) is 10.1. The average molecular weight is 459 g/mol. The standard InChI is InChI=1S/C21H19ClN4O4S/c1-30-20-8-7-17(22)13-19(20)26(31(28,29)18-5-3-2-4-6-18)15-21(27)25-24-14-16-9-11-23-12-10-16/h2-14H,15H2,1H3,(H,25,27)/b24-14-. The number of rotatable bonds is 8. The number of ether oxygens (including phenoxy) is 1. The van der Waals surface area contributed by atoms with Gasteiger partial charge in [-0.3, -0.25) is 14.1 Å². The molecule has 2 aromatic carbocycles. The van der Waals surface area contributed by atoms with Gasteiger partial charge in [0.2, 0.25) is 0 Å². The van der Waals surface area contributed by atoms with E-state index in [1.165, 1.54) is 37.6 Å². The first-order chi connectivity index (χ1) is 14.9. The number of pyridine rings is 1. The van der Waals surface area contributed by atoms with E-state index in [1.54, 1.807) is 48.8 Å². The molecule has 1 heterocycles. The van der Waals surface area contributed by atoms with Crippen LogP contribution in [0.1, 0.15) is 5.56 Å². The number of sulfonamides is 1. The van der Waals surface area contributed by atoms with E-state index >= 15 is 0 Å². The number of hydrogen-bond donors (Lipinski definition) is 1. The minimum absolute atomic E-state index is 0.0186. The molecular formula is C21H19ClN4O4S. The molecule has 0 aliphatic heterocycles. The van der Waals surface area contributed by atoms with E-state index in [0.29, 0.717) is 5.02 Å². The van der Waals surface area contributed by atoms with Gasteiger partial charge in [-0.1, -0.05) is 29.8 Å². The van der Waals surface area contributed by atoms with Crippen molar-refractivity contribution < 1.29 is 17.9 Å². The molecule has 0 saturated carbocycles. The Balaban J connectivity index is 1.92. The van der Waals surface area contributed by atoms with E-state index in [9.17, 15) is 13.2 Å². The molecule has 0 saturated heterocycles. The largest absolute Gasteiger partial charge is 0.495 e. The van der Waals surface area contributed by atoms with E-state index in [0.717, 1.165) is 9.87 Å². The van der Waals surface area contributed by atoms with Gasteiger partial charge in [0.25, 0.3) is 15.9 Å². The average Bonchev–Trinajstić information content (AvgIpc) is 2.78. The van der Waals surface area contributed by atoms with Crippen LogP contribution in [0.4, 0.5) is 5.69 Å². The minimum Gasteiger partial charge on any atom is -0.495 e. The summed E-state index contributed by atoms with van der Waals surface area (Å²) in [6, 6.07) is 15.7. The maximum Gasteiger partial charge on any atom is 0.264 e. The number of benzene rings is 2. The highest BCUT2D eigenvalue weighted by atomic mass is 35.5. The minimum atomic E-state index is -4.10. The van der Waals surface area contributed by atoms with Crippen LogP contribution in [-0.2, 0) is 14.8 Å². The van der Waals surface area contributed by atoms with Crippen molar-refractivity contribution in [3.63, 3.8) is 0 Å². The molecule has 10 heteroatoms. The molecule has 3 aromatic rings. The van der Waals surface area contributed by atoms with Crippen molar-refractivity contribution in [2.75, 3.05) is 18.0 Å². The van der Waals surface area contributed by atoms with Crippen LogP contribution in [0.2, 0.25) is 5.02 Å². The molecule has 3 rings (SSSR count). The summed E-state index contributed by atoms with van der Waals surface area (Å²) in [5, 5.41) is 4.16. The highest BCUT2D eigenvalue weighted by molar-refractivity contribution is 7.92. The van der Waals surface area contributed by atoms with Gasteiger partial charge in [-0.25, -0.2) is 13.8 Å². The predicted molar refractivity (Wildman–Crippen MR) is 119 cm³/mol. The summed E-state index contributed by atoms with van der Waals surface area (Å²) in [7, 11) is -2.70. The van der Waals surface area contributed by atoms with Gasteiger partial charge in [-0.05, 0) is 48.0 Å². The van der Waals surface area contributed by atoms with Crippen LogP contribution in [0.3, 0.4) is 0 Å². The van der Waals surface area contributed by atoms with Crippen molar-refractivity contribution in [3.8, 4) is 5.75 Å². The van der Waals surface area contributed by atoms with Crippen LogP contribution in [0.5, 0.6) is 5.75 Å². The smallest absolute Gasteiger partial charge is 0.264 e. The van der Waals surface area contributed by atoms with Crippen molar-refractivity contribution in [1.82, 2.24) is 10.4 Å².